The summed E-state index contributed by atoms with van der Waals surface area (Å²) in [4.78, 5) is 42.2. The summed E-state index contributed by atoms with van der Waals surface area (Å²) in [5, 5.41) is 14.4. The first kappa shape index (κ1) is 21.6. The molecule has 0 radical (unpaired) electrons. The van der Waals surface area contributed by atoms with E-state index in [1.54, 1.807) is 22.0 Å². The van der Waals surface area contributed by atoms with Crippen LogP contribution in [0.1, 0.15) is 42.5 Å². The van der Waals surface area contributed by atoms with Crippen molar-refractivity contribution < 1.29 is 14.7 Å². The minimum absolute atomic E-state index is 0.0466. The van der Waals surface area contributed by atoms with Gasteiger partial charge >= 0.3 is 0 Å². The number of fused-ring (bicyclic) bond motifs is 3. The van der Waals surface area contributed by atoms with Crippen LogP contribution in [0, 0.1) is 0 Å². The molecule has 0 fully saturated rings. The van der Waals surface area contributed by atoms with Gasteiger partial charge in [0.15, 0.2) is 5.16 Å². The Hall–Kier alpha value is -2.13. The van der Waals surface area contributed by atoms with E-state index in [9.17, 15) is 19.5 Å². The lowest BCUT2D eigenvalue weighted by atomic mass is 10.2. The summed E-state index contributed by atoms with van der Waals surface area (Å²) in [5.41, 5.74) is 1.10. The predicted molar refractivity (Wildman–Crippen MR) is 113 cm³/mol. The predicted octanol–water partition coefficient (Wildman–Crippen LogP) is 1.65. The number of thioether (sulfide) groups is 1. The van der Waals surface area contributed by atoms with Gasteiger partial charge in [-0.3, -0.25) is 14.2 Å². The summed E-state index contributed by atoms with van der Waals surface area (Å²) in [5.74, 6) is -1.02. The van der Waals surface area contributed by atoms with Crippen molar-refractivity contribution in [1.29, 1.82) is 0 Å². The van der Waals surface area contributed by atoms with Crippen LogP contribution in [0.4, 0.5) is 0 Å². The lowest BCUT2D eigenvalue weighted by Gasteiger charge is -2.11. The summed E-state index contributed by atoms with van der Waals surface area (Å²) < 4.78 is 1.60. The Kier molecular flexibility index (Phi) is 7.49. The van der Waals surface area contributed by atoms with Crippen LogP contribution in [0.5, 0.6) is 0 Å². The number of rotatable bonds is 11. The van der Waals surface area contributed by atoms with Gasteiger partial charge in [-0.15, -0.1) is 17.9 Å². The molecule has 2 aromatic heterocycles. The molecule has 29 heavy (non-hydrogen) atoms. The molecule has 1 amide bonds. The number of nitrogens with zero attached hydrogens (tertiary/aromatic N) is 2. The largest absolute Gasteiger partial charge is 0.550 e. The third-order valence-electron chi connectivity index (χ3n) is 4.81. The minimum atomic E-state index is -1.04. The maximum Gasteiger partial charge on any atom is 0.263 e. The Morgan fingerprint density at radius 1 is 1.31 bits per heavy atom. The van der Waals surface area contributed by atoms with Gasteiger partial charge in [-0.05, 0) is 44.1 Å². The Balaban J connectivity index is 1.61. The van der Waals surface area contributed by atoms with Crippen molar-refractivity contribution in [2.45, 2.75) is 56.6 Å². The molecule has 0 spiro atoms. The van der Waals surface area contributed by atoms with E-state index in [1.807, 2.05) is 0 Å². The third-order valence-corrected chi connectivity index (χ3v) is 6.98. The molecule has 1 N–H and O–H groups in total. The highest BCUT2D eigenvalue weighted by Gasteiger charge is 2.23. The fourth-order valence-electron chi connectivity index (χ4n) is 3.44. The quantitative estimate of drug-likeness (QED) is 0.250. The molecule has 2 aromatic rings. The van der Waals surface area contributed by atoms with E-state index in [0.717, 1.165) is 47.9 Å². The summed E-state index contributed by atoms with van der Waals surface area (Å²) in [6, 6.07) is 0. The van der Waals surface area contributed by atoms with Crippen LogP contribution in [0.15, 0.2) is 22.6 Å². The zero-order chi connectivity index (χ0) is 20.8. The monoisotopic (exact) mass is 434 g/mol. The maximum absolute atomic E-state index is 13.0. The number of carboxylic acids is 1. The number of aromatic nitrogens is 2. The van der Waals surface area contributed by atoms with Gasteiger partial charge in [-0.1, -0.05) is 24.3 Å². The second-order valence-corrected chi connectivity index (χ2v) is 8.98. The van der Waals surface area contributed by atoms with Crippen LogP contribution in [0.2, 0.25) is 0 Å². The number of hydrogen-bond acceptors (Lipinski definition) is 7. The summed E-state index contributed by atoms with van der Waals surface area (Å²) in [7, 11) is 0. The van der Waals surface area contributed by atoms with Crippen molar-refractivity contribution in [2.24, 2.45) is 0 Å². The highest BCUT2D eigenvalue weighted by molar-refractivity contribution is 7.99. The van der Waals surface area contributed by atoms with Gasteiger partial charge < -0.3 is 15.2 Å². The van der Waals surface area contributed by atoms with Crippen molar-refractivity contribution in [2.75, 3.05) is 12.3 Å². The first-order valence-electron chi connectivity index (χ1n) is 9.76. The van der Waals surface area contributed by atoms with Crippen LogP contribution >= 0.6 is 23.1 Å². The number of nitrogens with one attached hydrogen (secondary N) is 1. The molecule has 156 valence electrons. The lowest BCUT2D eigenvalue weighted by Crippen LogP contribution is -2.27. The van der Waals surface area contributed by atoms with Gasteiger partial charge in [0.05, 0.1) is 11.1 Å². The van der Waals surface area contributed by atoms with E-state index in [1.165, 1.54) is 16.6 Å². The van der Waals surface area contributed by atoms with Crippen LogP contribution in [-0.2, 0) is 29.0 Å². The number of carboxylic acid groups (broad SMARTS) is 1. The standard InChI is InChI=1S/C20H25N3O4S2/c1-2-11-23-19(27)17-13-7-6-8-14(13)29-18(17)22-20(23)28-12-15(24)21-10-5-3-4-9-16(25)26/h2H,1,3-12H2,(H,21,24)(H,25,26)/p-1. The van der Waals surface area contributed by atoms with Crippen molar-refractivity contribution in [3.8, 4) is 0 Å². The molecule has 7 nitrogen and oxygen atoms in total. The van der Waals surface area contributed by atoms with Gasteiger partial charge in [-0.25, -0.2) is 4.98 Å². The molecular weight excluding hydrogens is 410 g/mol. The van der Waals surface area contributed by atoms with Crippen molar-refractivity contribution in [3.05, 3.63) is 33.4 Å². The number of carbonyl (C=O) groups is 2. The van der Waals surface area contributed by atoms with E-state index in [2.05, 4.69) is 16.9 Å². The first-order valence-corrected chi connectivity index (χ1v) is 11.6. The van der Waals surface area contributed by atoms with Gasteiger partial charge in [0.25, 0.3) is 5.56 Å². The third kappa shape index (κ3) is 5.27. The molecule has 0 atom stereocenters. The Bertz CT molecular complexity index is 980. The Morgan fingerprint density at radius 3 is 2.90 bits per heavy atom. The summed E-state index contributed by atoms with van der Waals surface area (Å²) in [6.07, 6.45) is 6.72. The van der Waals surface area contributed by atoms with E-state index >= 15 is 0 Å². The molecular formula is C20H24N3O4S2-. The van der Waals surface area contributed by atoms with Crippen molar-refractivity contribution >= 4 is 45.2 Å². The maximum atomic E-state index is 13.0. The molecule has 0 saturated heterocycles. The van der Waals surface area contributed by atoms with Crippen LogP contribution in [0.25, 0.3) is 10.2 Å². The lowest BCUT2D eigenvalue weighted by molar-refractivity contribution is -0.305. The number of aliphatic carboxylic acids is 1. The molecule has 1 aliphatic rings. The smallest absolute Gasteiger partial charge is 0.263 e. The topological polar surface area (TPSA) is 104 Å². The Labute approximate surface area is 177 Å². The molecule has 0 bridgehead atoms. The summed E-state index contributed by atoms with van der Waals surface area (Å²) in [6.45, 7) is 4.59. The van der Waals surface area contributed by atoms with Gasteiger partial charge in [0.2, 0.25) is 5.91 Å². The number of aryl methyl sites for hydroxylation is 2. The fourth-order valence-corrected chi connectivity index (χ4v) is 5.58. The molecule has 0 aliphatic heterocycles. The zero-order valence-electron chi connectivity index (χ0n) is 16.2. The molecule has 0 aromatic carbocycles. The van der Waals surface area contributed by atoms with Crippen molar-refractivity contribution in [1.82, 2.24) is 14.9 Å². The van der Waals surface area contributed by atoms with Crippen molar-refractivity contribution in [3.63, 3.8) is 0 Å². The zero-order valence-corrected chi connectivity index (χ0v) is 17.8. The highest BCUT2D eigenvalue weighted by atomic mass is 32.2. The molecule has 3 rings (SSSR count). The summed E-state index contributed by atoms with van der Waals surface area (Å²) >= 11 is 2.84. The minimum Gasteiger partial charge on any atom is -0.550 e. The second kappa shape index (κ2) is 10.1. The average Bonchev–Trinajstić information content (AvgIpc) is 3.26. The van der Waals surface area contributed by atoms with E-state index in [-0.39, 0.29) is 23.6 Å². The Morgan fingerprint density at radius 2 is 2.14 bits per heavy atom. The average molecular weight is 435 g/mol. The molecule has 9 heteroatoms. The van der Waals surface area contributed by atoms with Gasteiger partial charge in [0, 0.05) is 23.9 Å². The SMILES string of the molecule is C=CCn1c(SCC(=O)NCCCCCC(=O)[O-])nc2sc3c(c2c1=O)CCC3. The van der Waals surface area contributed by atoms with Crippen LogP contribution < -0.4 is 16.0 Å². The van der Waals surface area contributed by atoms with E-state index < -0.39 is 5.97 Å². The highest BCUT2D eigenvalue weighted by Crippen LogP contribution is 2.35. The number of unbranched alkanes of at least 4 members (excludes halogenated alkanes) is 2. The second-order valence-electron chi connectivity index (χ2n) is 6.96. The first-order chi connectivity index (χ1) is 14.0. The molecule has 0 unspecified atom stereocenters. The van der Waals surface area contributed by atoms with Crippen LogP contribution in [0.3, 0.4) is 0 Å². The number of amides is 1. The van der Waals surface area contributed by atoms with Gasteiger partial charge in [0.1, 0.15) is 4.83 Å². The number of hydrogen-bond donors (Lipinski definition) is 1. The normalized spacial score (nSPS) is 12.8. The number of allylic oxidation sites excluding steroid dienone is 1. The molecule has 0 saturated carbocycles. The van der Waals surface area contributed by atoms with E-state index in [4.69, 9.17) is 0 Å². The van der Waals surface area contributed by atoms with E-state index in [0.29, 0.717) is 24.7 Å². The molecule has 1 aliphatic carbocycles. The number of thiophene rings is 1. The van der Waals surface area contributed by atoms with Gasteiger partial charge in [-0.2, -0.15) is 0 Å². The van der Waals surface area contributed by atoms with Crippen LogP contribution in [-0.4, -0.2) is 33.7 Å². The number of carbonyl (C=O) groups excluding carboxylic acids is 2. The molecule has 2 heterocycles. The fraction of sp³-hybridized carbons (Fsp3) is 0.500.